The number of benzene rings is 2. The number of nitrogens with zero attached hydrogens (tertiary/aromatic N) is 2. The molecule has 6 heteroatoms. The Labute approximate surface area is 154 Å². The Morgan fingerprint density at radius 3 is 2.20 bits per heavy atom. The lowest BCUT2D eigenvalue weighted by atomic mass is 10.0. The highest BCUT2D eigenvalue weighted by Gasteiger charge is 2.12. The number of hydrogen-bond acceptors (Lipinski definition) is 4. The molecule has 0 bridgehead atoms. The number of carbonyl (C=O) groups is 1. The molecule has 3 rings (SSSR count). The van der Waals surface area contributed by atoms with Gasteiger partial charge in [0.2, 0.25) is 0 Å². The number of pyridine rings is 1. The number of hydrogen-bond donors (Lipinski definition) is 0. The van der Waals surface area contributed by atoms with Crippen LogP contribution >= 0.6 is 23.2 Å². The van der Waals surface area contributed by atoms with E-state index in [1.807, 2.05) is 30.3 Å². The molecule has 0 fully saturated rings. The second-order valence-electron chi connectivity index (χ2n) is 5.05. The molecule has 0 aliphatic heterocycles. The van der Waals surface area contributed by atoms with E-state index in [0.29, 0.717) is 10.7 Å². The smallest absolute Gasteiger partial charge is 0.312 e. The summed E-state index contributed by atoms with van der Waals surface area (Å²) in [5, 5.41) is 4.70. The normalized spacial score (nSPS) is 11.2. The van der Waals surface area contributed by atoms with E-state index < -0.39 is 5.97 Å². The van der Waals surface area contributed by atoms with Crippen LogP contribution in [0.15, 0.2) is 78.2 Å². The van der Waals surface area contributed by atoms with Crippen LogP contribution in [0.2, 0.25) is 10.0 Å². The van der Waals surface area contributed by atoms with Gasteiger partial charge in [-0.3, -0.25) is 4.98 Å². The summed E-state index contributed by atoms with van der Waals surface area (Å²) in [7, 11) is 0. The first kappa shape index (κ1) is 17.1. The zero-order chi connectivity index (χ0) is 17.6. The van der Waals surface area contributed by atoms with Crippen LogP contribution in [-0.4, -0.2) is 16.7 Å². The van der Waals surface area contributed by atoms with Crippen LogP contribution in [0.4, 0.5) is 0 Å². The number of rotatable bonds is 4. The summed E-state index contributed by atoms with van der Waals surface area (Å²) < 4.78 is 0. The molecule has 0 saturated heterocycles. The van der Waals surface area contributed by atoms with Crippen LogP contribution in [0.3, 0.4) is 0 Å². The molecule has 2 aromatic carbocycles. The van der Waals surface area contributed by atoms with Gasteiger partial charge in [-0.1, -0.05) is 58.7 Å². The summed E-state index contributed by atoms with van der Waals surface area (Å²) in [6.07, 6.45) is 3.29. The summed E-state index contributed by atoms with van der Waals surface area (Å²) >= 11 is 11.8. The third-order valence-electron chi connectivity index (χ3n) is 3.38. The Morgan fingerprint density at radius 2 is 1.52 bits per heavy atom. The van der Waals surface area contributed by atoms with Gasteiger partial charge < -0.3 is 4.84 Å². The van der Waals surface area contributed by atoms with Crippen molar-refractivity contribution in [1.82, 2.24) is 4.98 Å². The molecule has 25 heavy (non-hydrogen) atoms. The van der Waals surface area contributed by atoms with Gasteiger partial charge >= 0.3 is 5.97 Å². The first-order chi connectivity index (χ1) is 12.1. The zero-order valence-corrected chi connectivity index (χ0v) is 14.4. The van der Waals surface area contributed by atoms with Gasteiger partial charge in [0.05, 0.1) is 15.6 Å². The van der Waals surface area contributed by atoms with E-state index in [9.17, 15) is 4.79 Å². The highest BCUT2D eigenvalue weighted by atomic mass is 35.5. The third-order valence-corrected chi connectivity index (χ3v) is 4.12. The van der Waals surface area contributed by atoms with Crippen molar-refractivity contribution in [3.8, 4) is 0 Å². The van der Waals surface area contributed by atoms with Gasteiger partial charge in [-0.25, -0.2) is 4.79 Å². The molecule has 124 valence electrons. The van der Waals surface area contributed by atoms with Gasteiger partial charge in [0, 0.05) is 23.5 Å². The predicted molar refractivity (Wildman–Crippen MR) is 98.2 cm³/mol. The maximum atomic E-state index is 12.2. The largest absolute Gasteiger partial charge is 0.365 e. The molecule has 0 atom stereocenters. The SMILES string of the molecule is O=C(O/N=C(\c1ccccc1)c1ccncc1)c1ccc(Cl)c(Cl)c1. The molecule has 0 N–H and O–H groups in total. The van der Waals surface area contributed by atoms with Crippen LogP contribution < -0.4 is 0 Å². The van der Waals surface area contributed by atoms with Gasteiger partial charge in [-0.15, -0.1) is 0 Å². The molecule has 0 aliphatic rings. The maximum Gasteiger partial charge on any atom is 0.365 e. The number of halogens is 2. The van der Waals surface area contributed by atoms with Gasteiger partial charge in [-0.05, 0) is 30.3 Å². The van der Waals surface area contributed by atoms with Crippen LogP contribution in [0.1, 0.15) is 21.5 Å². The minimum absolute atomic E-state index is 0.264. The van der Waals surface area contributed by atoms with Crippen molar-refractivity contribution in [2.45, 2.75) is 0 Å². The van der Waals surface area contributed by atoms with Crippen molar-refractivity contribution in [2.24, 2.45) is 5.16 Å². The summed E-state index contributed by atoms with van der Waals surface area (Å²) in [5.74, 6) is -0.624. The van der Waals surface area contributed by atoms with E-state index in [1.54, 1.807) is 24.5 Å². The second-order valence-corrected chi connectivity index (χ2v) is 5.86. The molecule has 0 aliphatic carbocycles. The monoisotopic (exact) mass is 370 g/mol. The highest BCUT2D eigenvalue weighted by molar-refractivity contribution is 6.42. The molecule has 3 aromatic rings. The van der Waals surface area contributed by atoms with Gasteiger partial charge in [-0.2, -0.15) is 0 Å². The number of oxime groups is 1. The van der Waals surface area contributed by atoms with Crippen molar-refractivity contribution in [1.29, 1.82) is 0 Å². The third kappa shape index (κ3) is 4.24. The quantitative estimate of drug-likeness (QED) is 0.369. The predicted octanol–water partition coefficient (Wildman–Crippen LogP) is 5.00. The van der Waals surface area contributed by atoms with Crippen LogP contribution in [-0.2, 0) is 4.84 Å². The minimum atomic E-state index is -0.624. The molecule has 0 radical (unpaired) electrons. The molecule has 1 heterocycles. The fourth-order valence-electron chi connectivity index (χ4n) is 2.14. The van der Waals surface area contributed by atoms with Crippen molar-refractivity contribution in [3.63, 3.8) is 0 Å². The molecular weight excluding hydrogens is 359 g/mol. The van der Waals surface area contributed by atoms with Gasteiger partial charge in [0.15, 0.2) is 0 Å². The first-order valence-corrected chi connectivity index (χ1v) is 8.11. The van der Waals surface area contributed by atoms with E-state index in [0.717, 1.165) is 11.1 Å². The van der Waals surface area contributed by atoms with Crippen LogP contribution in [0.25, 0.3) is 0 Å². The molecule has 4 nitrogen and oxygen atoms in total. The lowest BCUT2D eigenvalue weighted by Crippen LogP contribution is -2.08. The maximum absolute atomic E-state index is 12.2. The second kappa shape index (κ2) is 7.92. The molecule has 1 aromatic heterocycles. The fraction of sp³-hybridized carbons (Fsp3) is 0. The fourth-order valence-corrected chi connectivity index (χ4v) is 2.44. The first-order valence-electron chi connectivity index (χ1n) is 7.35. The zero-order valence-electron chi connectivity index (χ0n) is 12.9. The Hall–Kier alpha value is -2.69. The Bertz CT molecular complexity index is 872. The van der Waals surface area contributed by atoms with Crippen molar-refractivity contribution >= 4 is 34.9 Å². The van der Waals surface area contributed by atoms with Gasteiger partial charge in [0.25, 0.3) is 0 Å². The lowest BCUT2D eigenvalue weighted by Gasteiger charge is -2.07. The Morgan fingerprint density at radius 1 is 0.840 bits per heavy atom. The average molecular weight is 371 g/mol. The van der Waals surface area contributed by atoms with Crippen molar-refractivity contribution in [3.05, 3.63) is 99.8 Å². The van der Waals surface area contributed by atoms with Gasteiger partial charge in [0.1, 0.15) is 5.71 Å². The lowest BCUT2D eigenvalue weighted by molar-refractivity contribution is 0.0517. The summed E-state index contributed by atoms with van der Waals surface area (Å²) in [6.45, 7) is 0. The minimum Gasteiger partial charge on any atom is -0.312 e. The van der Waals surface area contributed by atoms with Crippen molar-refractivity contribution in [2.75, 3.05) is 0 Å². The number of carbonyl (C=O) groups excluding carboxylic acids is 1. The summed E-state index contributed by atoms with van der Waals surface area (Å²) in [5.41, 5.74) is 2.38. The Kier molecular flexibility index (Phi) is 5.43. The molecule has 0 saturated carbocycles. The standard InChI is InChI=1S/C19H12Cl2N2O2/c20-16-7-6-15(12-17(16)21)19(24)25-23-18(13-4-2-1-3-5-13)14-8-10-22-11-9-14/h1-12H/b23-18+. The highest BCUT2D eigenvalue weighted by Crippen LogP contribution is 2.23. The molecular formula is C19H12Cl2N2O2. The van der Waals surface area contributed by atoms with E-state index in [2.05, 4.69) is 10.1 Å². The summed E-state index contributed by atoms with van der Waals surface area (Å²) in [6, 6.07) is 17.5. The topological polar surface area (TPSA) is 51.5 Å². The molecule has 0 amide bonds. The number of aromatic nitrogens is 1. The van der Waals surface area contributed by atoms with E-state index >= 15 is 0 Å². The van der Waals surface area contributed by atoms with Crippen LogP contribution in [0, 0.1) is 0 Å². The summed E-state index contributed by atoms with van der Waals surface area (Å²) in [4.78, 5) is 21.3. The Balaban J connectivity index is 1.91. The van der Waals surface area contributed by atoms with Crippen molar-refractivity contribution < 1.29 is 9.63 Å². The average Bonchev–Trinajstić information content (AvgIpc) is 2.66. The van der Waals surface area contributed by atoms with E-state index in [1.165, 1.54) is 18.2 Å². The van der Waals surface area contributed by atoms with E-state index in [4.69, 9.17) is 28.0 Å². The molecule has 0 unspecified atom stereocenters. The molecule has 0 spiro atoms. The van der Waals surface area contributed by atoms with E-state index in [-0.39, 0.29) is 10.6 Å². The van der Waals surface area contributed by atoms with Crippen LogP contribution in [0.5, 0.6) is 0 Å².